The van der Waals surface area contributed by atoms with E-state index in [0.717, 1.165) is 5.69 Å². The van der Waals surface area contributed by atoms with E-state index < -0.39 is 16.0 Å². The van der Waals surface area contributed by atoms with Crippen LogP contribution in [0.4, 0.5) is 11.4 Å². The predicted octanol–water partition coefficient (Wildman–Crippen LogP) is 2.12. The Hall–Kier alpha value is -3.05. The van der Waals surface area contributed by atoms with Gasteiger partial charge in [0.25, 0.3) is 10.0 Å². The maximum atomic E-state index is 12.5. The van der Waals surface area contributed by atoms with Gasteiger partial charge >= 0.3 is 5.97 Å². The molecule has 0 bridgehead atoms. The molecular formula is C16H15N3O4S. The maximum absolute atomic E-state index is 12.5. The number of carboxylic acid groups (broad SMARTS) is 1. The number of nitriles is 1. The monoisotopic (exact) mass is 345 g/mol. The van der Waals surface area contributed by atoms with Crippen molar-refractivity contribution in [2.45, 2.75) is 4.90 Å². The zero-order chi connectivity index (χ0) is 17.9. The van der Waals surface area contributed by atoms with Crippen LogP contribution in [0.1, 0.15) is 15.9 Å². The van der Waals surface area contributed by atoms with Crippen LogP contribution in [0.3, 0.4) is 0 Å². The van der Waals surface area contributed by atoms with Gasteiger partial charge in [0.2, 0.25) is 0 Å². The molecule has 0 aliphatic heterocycles. The Kier molecular flexibility index (Phi) is 4.76. The molecule has 7 nitrogen and oxygen atoms in total. The van der Waals surface area contributed by atoms with Gasteiger partial charge in [-0.1, -0.05) is 0 Å². The molecule has 0 atom stereocenters. The number of aromatic carboxylic acids is 1. The van der Waals surface area contributed by atoms with Crippen LogP contribution in [0.5, 0.6) is 0 Å². The molecule has 124 valence electrons. The van der Waals surface area contributed by atoms with Gasteiger partial charge in [0.15, 0.2) is 0 Å². The first-order chi connectivity index (χ1) is 11.2. The molecule has 0 spiro atoms. The van der Waals surface area contributed by atoms with Crippen molar-refractivity contribution in [2.24, 2.45) is 0 Å². The first-order valence-corrected chi connectivity index (χ1v) is 8.30. The molecule has 0 fully saturated rings. The van der Waals surface area contributed by atoms with Crippen molar-refractivity contribution in [2.75, 3.05) is 23.7 Å². The largest absolute Gasteiger partial charge is 0.478 e. The van der Waals surface area contributed by atoms with Gasteiger partial charge in [-0.05, 0) is 42.5 Å². The van der Waals surface area contributed by atoms with Crippen LogP contribution in [0.2, 0.25) is 0 Å². The number of sulfonamides is 1. The van der Waals surface area contributed by atoms with Gasteiger partial charge in [-0.15, -0.1) is 0 Å². The highest BCUT2D eigenvalue weighted by Crippen LogP contribution is 2.25. The lowest BCUT2D eigenvalue weighted by atomic mass is 10.2. The Morgan fingerprint density at radius 3 is 2.29 bits per heavy atom. The molecule has 0 saturated carbocycles. The zero-order valence-electron chi connectivity index (χ0n) is 13.0. The summed E-state index contributed by atoms with van der Waals surface area (Å²) in [6.45, 7) is 0. The minimum atomic E-state index is -3.94. The zero-order valence-corrected chi connectivity index (χ0v) is 13.8. The van der Waals surface area contributed by atoms with Crippen molar-refractivity contribution < 1.29 is 18.3 Å². The first kappa shape index (κ1) is 17.3. The second kappa shape index (κ2) is 6.60. The Morgan fingerprint density at radius 2 is 1.79 bits per heavy atom. The summed E-state index contributed by atoms with van der Waals surface area (Å²) < 4.78 is 27.3. The van der Waals surface area contributed by atoms with Crippen LogP contribution in [-0.4, -0.2) is 33.6 Å². The fraction of sp³-hybridized carbons (Fsp3) is 0.125. The molecule has 0 aliphatic rings. The third-order valence-corrected chi connectivity index (χ3v) is 4.68. The summed E-state index contributed by atoms with van der Waals surface area (Å²) in [5.74, 6) is -1.14. The van der Waals surface area contributed by atoms with E-state index in [9.17, 15) is 13.2 Å². The Morgan fingerprint density at radius 1 is 1.17 bits per heavy atom. The summed E-state index contributed by atoms with van der Waals surface area (Å²) >= 11 is 0. The molecule has 2 N–H and O–H groups in total. The summed E-state index contributed by atoms with van der Waals surface area (Å²) in [6.07, 6.45) is 0. The number of nitrogens with zero attached hydrogens (tertiary/aromatic N) is 2. The van der Waals surface area contributed by atoms with Crippen LogP contribution < -0.4 is 9.62 Å². The van der Waals surface area contributed by atoms with Crippen LogP contribution in [0.25, 0.3) is 0 Å². The minimum absolute atomic E-state index is 0.0127. The van der Waals surface area contributed by atoms with Crippen molar-refractivity contribution in [1.82, 2.24) is 0 Å². The van der Waals surface area contributed by atoms with Crippen LogP contribution >= 0.6 is 0 Å². The number of carbonyl (C=O) groups is 1. The van der Waals surface area contributed by atoms with E-state index in [1.165, 1.54) is 30.3 Å². The molecule has 0 aromatic heterocycles. The highest BCUT2D eigenvalue weighted by molar-refractivity contribution is 7.92. The second-order valence-corrected chi connectivity index (χ2v) is 6.85. The highest BCUT2D eigenvalue weighted by Gasteiger charge is 2.17. The molecule has 2 rings (SSSR count). The first-order valence-electron chi connectivity index (χ1n) is 6.82. The Bertz CT molecular complexity index is 913. The lowest BCUT2D eigenvalue weighted by Crippen LogP contribution is -2.15. The Labute approximate surface area is 139 Å². The van der Waals surface area contributed by atoms with Crippen molar-refractivity contribution in [3.63, 3.8) is 0 Å². The molecule has 24 heavy (non-hydrogen) atoms. The molecule has 2 aromatic carbocycles. The number of hydrogen-bond acceptors (Lipinski definition) is 5. The van der Waals surface area contributed by atoms with Crippen molar-refractivity contribution >= 4 is 27.4 Å². The number of hydrogen-bond donors (Lipinski definition) is 2. The fourth-order valence-electron chi connectivity index (χ4n) is 1.97. The smallest absolute Gasteiger partial charge is 0.335 e. The number of rotatable bonds is 5. The van der Waals surface area contributed by atoms with E-state index in [4.69, 9.17) is 10.4 Å². The molecule has 0 heterocycles. The second-order valence-electron chi connectivity index (χ2n) is 5.17. The van der Waals surface area contributed by atoms with Gasteiger partial charge in [0.05, 0.1) is 21.7 Å². The van der Waals surface area contributed by atoms with Crippen molar-refractivity contribution in [3.8, 4) is 6.07 Å². The van der Waals surface area contributed by atoms with Gasteiger partial charge < -0.3 is 10.0 Å². The molecule has 0 saturated heterocycles. The predicted molar refractivity (Wildman–Crippen MR) is 89.7 cm³/mol. The van der Waals surface area contributed by atoms with Gasteiger partial charge in [-0.25, -0.2) is 13.2 Å². The van der Waals surface area contributed by atoms with Crippen LogP contribution in [0.15, 0.2) is 47.4 Å². The maximum Gasteiger partial charge on any atom is 0.335 e. The fourth-order valence-corrected chi connectivity index (χ4v) is 3.04. The summed E-state index contributed by atoms with van der Waals surface area (Å²) in [4.78, 5) is 12.5. The minimum Gasteiger partial charge on any atom is -0.478 e. The average molecular weight is 345 g/mol. The number of nitrogens with one attached hydrogen (secondary N) is 1. The van der Waals surface area contributed by atoms with Gasteiger partial charge in [-0.3, -0.25) is 4.72 Å². The molecule has 8 heteroatoms. The average Bonchev–Trinajstić information content (AvgIpc) is 2.54. The SMILES string of the molecule is CN(C)c1ccc(C#N)c(NS(=O)(=O)c2ccc(C(=O)O)cc2)c1. The third kappa shape index (κ3) is 3.64. The van der Waals surface area contributed by atoms with E-state index in [2.05, 4.69) is 4.72 Å². The topological polar surface area (TPSA) is 111 Å². The number of carboxylic acids is 1. The molecule has 0 aliphatic carbocycles. The lowest BCUT2D eigenvalue weighted by Gasteiger charge is -2.16. The molecule has 0 amide bonds. The van der Waals surface area contributed by atoms with E-state index in [1.807, 2.05) is 6.07 Å². The van der Waals surface area contributed by atoms with Crippen molar-refractivity contribution in [3.05, 3.63) is 53.6 Å². The van der Waals surface area contributed by atoms with Crippen molar-refractivity contribution in [1.29, 1.82) is 5.26 Å². The number of benzene rings is 2. The van der Waals surface area contributed by atoms with Crippen LogP contribution in [-0.2, 0) is 10.0 Å². The van der Waals surface area contributed by atoms with E-state index >= 15 is 0 Å². The Balaban J connectivity index is 2.40. The quantitative estimate of drug-likeness (QED) is 0.859. The van der Waals surface area contributed by atoms with Gasteiger partial charge in [-0.2, -0.15) is 5.26 Å². The molecule has 0 unspecified atom stereocenters. The van der Waals surface area contributed by atoms with Crippen LogP contribution in [0, 0.1) is 11.3 Å². The summed E-state index contributed by atoms with van der Waals surface area (Å²) in [7, 11) is -0.352. The summed E-state index contributed by atoms with van der Waals surface area (Å²) in [6, 6.07) is 11.5. The highest BCUT2D eigenvalue weighted by atomic mass is 32.2. The lowest BCUT2D eigenvalue weighted by molar-refractivity contribution is 0.0696. The van der Waals surface area contributed by atoms with Gasteiger partial charge in [0.1, 0.15) is 6.07 Å². The normalized spacial score (nSPS) is 10.7. The van der Waals surface area contributed by atoms with E-state index in [-0.39, 0.29) is 21.7 Å². The molecule has 0 radical (unpaired) electrons. The standard InChI is InChI=1S/C16H15N3O4S/c1-19(2)13-6-3-12(10-17)15(9-13)18-24(22,23)14-7-4-11(5-8-14)16(20)21/h3-9,18H,1-2H3,(H,20,21). The molecular weight excluding hydrogens is 330 g/mol. The summed E-state index contributed by atoms with van der Waals surface area (Å²) in [5, 5.41) is 18.0. The van der Waals surface area contributed by atoms with E-state index in [0.29, 0.717) is 0 Å². The van der Waals surface area contributed by atoms with Gasteiger partial charge in [0, 0.05) is 19.8 Å². The van der Waals surface area contributed by atoms with E-state index in [1.54, 1.807) is 31.1 Å². The third-order valence-electron chi connectivity index (χ3n) is 3.30. The number of anilines is 2. The summed E-state index contributed by atoms with van der Waals surface area (Å²) in [5.41, 5.74) is 1.06. The molecule has 2 aromatic rings.